The van der Waals surface area contributed by atoms with Gasteiger partial charge in [0.2, 0.25) is 5.62 Å². The Balaban J connectivity index is 2.19. The van der Waals surface area contributed by atoms with Crippen LogP contribution in [-0.4, -0.2) is 44.2 Å². The van der Waals surface area contributed by atoms with Gasteiger partial charge in [-0.15, -0.1) is 0 Å². The molecule has 1 heterocycles. The highest BCUT2D eigenvalue weighted by atomic mass is 35.5. The molecule has 0 bridgehead atoms. The van der Waals surface area contributed by atoms with Gasteiger partial charge in [0.1, 0.15) is 0 Å². The van der Waals surface area contributed by atoms with Gasteiger partial charge >= 0.3 is 17.3 Å². The third-order valence-corrected chi connectivity index (χ3v) is 5.93. The van der Waals surface area contributed by atoms with E-state index < -0.39 is 22.8 Å². The van der Waals surface area contributed by atoms with Crippen LogP contribution in [0.15, 0.2) is 57.0 Å². The number of rotatable bonds is 8. The van der Waals surface area contributed by atoms with Crippen molar-refractivity contribution in [2.75, 3.05) is 14.1 Å². The molecule has 0 aliphatic carbocycles. The number of aromatic nitrogens is 3. The van der Waals surface area contributed by atoms with E-state index in [1.54, 1.807) is 36.4 Å². The average molecular weight is 520 g/mol. The minimum absolute atomic E-state index is 0.00996. The zero-order valence-electron chi connectivity index (χ0n) is 19.9. The Morgan fingerprint density at radius 1 is 1.09 bits per heavy atom. The summed E-state index contributed by atoms with van der Waals surface area (Å²) in [6, 6.07) is 12.1. The van der Waals surface area contributed by atoms with Crippen molar-refractivity contribution in [1.29, 1.82) is 0 Å². The Morgan fingerprint density at radius 2 is 1.74 bits per heavy atom. The van der Waals surface area contributed by atoms with Crippen LogP contribution in [0.4, 0.5) is 5.69 Å². The summed E-state index contributed by atoms with van der Waals surface area (Å²) >= 11 is 12.4. The minimum Gasteiger partial charge on any atom is -0.481 e. The number of aromatic amines is 1. The van der Waals surface area contributed by atoms with E-state index in [1.165, 1.54) is 18.4 Å². The normalized spacial score (nSPS) is 12.4. The first-order chi connectivity index (χ1) is 16.4. The molecule has 0 aliphatic heterocycles. The highest BCUT2D eigenvalue weighted by molar-refractivity contribution is 6.31. The van der Waals surface area contributed by atoms with Crippen molar-refractivity contribution in [3.63, 3.8) is 0 Å². The van der Waals surface area contributed by atoms with Crippen LogP contribution in [0.3, 0.4) is 0 Å². The molecule has 11 heteroatoms. The quantitative estimate of drug-likeness (QED) is 0.474. The number of halogens is 2. The molecule has 2 aromatic carbocycles. The van der Waals surface area contributed by atoms with Gasteiger partial charge in [0.25, 0.3) is 0 Å². The summed E-state index contributed by atoms with van der Waals surface area (Å²) < 4.78 is 2.15. The summed E-state index contributed by atoms with van der Waals surface area (Å²) in [4.78, 5) is 46.9. The number of benzene rings is 2. The lowest BCUT2D eigenvalue weighted by molar-refractivity contribution is -0.147. The van der Waals surface area contributed by atoms with Crippen LogP contribution < -0.4 is 17.0 Å². The van der Waals surface area contributed by atoms with Crippen LogP contribution in [-0.2, 0) is 24.4 Å². The second-order valence-corrected chi connectivity index (χ2v) is 9.99. The van der Waals surface area contributed by atoms with Gasteiger partial charge in [0, 0.05) is 23.1 Å². The highest BCUT2D eigenvalue weighted by Crippen LogP contribution is 2.23. The monoisotopic (exact) mass is 519 g/mol. The number of aliphatic carboxylic acids is 1. The van der Waals surface area contributed by atoms with Gasteiger partial charge in [-0.25, -0.2) is 19.1 Å². The maximum atomic E-state index is 13.4. The molecule has 0 saturated carbocycles. The van der Waals surface area contributed by atoms with Gasteiger partial charge in [-0.3, -0.25) is 14.3 Å². The Labute approximate surface area is 211 Å². The number of H-pyrrole nitrogens is 1. The third kappa shape index (κ3) is 6.50. The van der Waals surface area contributed by atoms with Gasteiger partial charge in [-0.05, 0) is 63.3 Å². The molecule has 186 valence electrons. The number of carbonyl (C=O) groups is 1. The molecular weight excluding hydrogens is 493 g/mol. The van der Waals surface area contributed by atoms with Gasteiger partial charge in [-0.2, -0.15) is 0 Å². The van der Waals surface area contributed by atoms with E-state index in [9.17, 15) is 19.5 Å². The lowest BCUT2D eigenvalue weighted by Crippen LogP contribution is -2.52. The fourth-order valence-electron chi connectivity index (χ4n) is 3.36. The second-order valence-electron chi connectivity index (χ2n) is 9.15. The van der Waals surface area contributed by atoms with E-state index in [2.05, 4.69) is 9.98 Å². The number of hydrogen-bond acceptors (Lipinski definition) is 5. The van der Waals surface area contributed by atoms with Gasteiger partial charge in [0.15, 0.2) is 0 Å². The molecule has 1 aromatic heterocycles. The minimum atomic E-state index is -1.34. The first-order valence-electron chi connectivity index (χ1n) is 10.8. The number of carboxylic acids is 1. The maximum absolute atomic E-state index is 13.4. The molecule has 0 amide bonds. The van der Waals surface area contributed by atoms with Crippen molar-refractivity contribution in [2.24, 2.45) is 10.4 Å². The Morgan fingerprint density at radius 3 is 2.31 bits per heavy atom. The maximum Gasteiger partial charge on any atom is 0.335 e. The zero-order valence-corrected chi connectivity index (χ0v) is 21.4. The van der Waals surface area contributed by atoms with E-state index in [1.807, 2.05) is 25.1 Å². The molecule has 3 aromatic rings. The van der Waals surface area contributed by atoms with Crippen LogP contribution >= 0.6 is 23.2 Å². The van der Waals surface area contributed by atoms with Gasteiger partial charge < -0.3 is 10.0 Å². The molecule has 3 rings (SSSR count). The molecule has 0 radical (unpaired) electrons. The SMILES string of the molecule is CN(C)Cc1ccc(/N=c2\[nH]c(=O)n(CC(C)(C)C(=O)O)c(=O)n2Cc2ccc(Cl)cc2)cc1Cl. The van der Waals surface area contributed by atoms with Crippen LogP contribution in [0.2, 0.25) is 10.0 Å². The molecule has 9 nitrogen and oxygen atoms in total. The lowest BCUT2D eigenvalue weighted by Gasteiger charge is -2.20. The summed E-state index contributed by atoms with van der Waals surface area (Å²) in [7, 11) is 3.86. The van der Waals surface area contributed by atoms with Crippen molar-refractivity contribution < 1.29 is 9.90 Å². The highest BCUT2D eigenvalue weighted by Gasteiger charge is 2.29. The first kappa shape index (κ1) is 26.5. The molecule has 0 atom stereocenters. The molecular formula is C24H27Cl2N5O4. The summed E-state index contributed by atoms with van der Waals surface area (Å²) in [6.45, 7) is 3.29. The molecule has 0 unspecified atom stereocenters. The predicted octanol–water partition coefficient (Wildman–Crippen LogP) is 3.10. The Kier molecular flexibility index (Phi) is 8.04. The Bertz CT molecular complexity index is 1420. The summed E-state index contributed by atoms with van der Waals surface area (Å²) in [5.74, 6) is -1.13. The summed E-state index contributed by atoms with van der Waals surface area (Å²) in [6.07, 6.45) is 0. The van der Waals surface area contributed by atoms with E-state index in [-0.39, 0.29) is 18.7 Å². The van der Waals surface area contributed by atoms with E-state index in [4.69, 9.17) is 23.2 Å². The molecule has 35 heavy (non-hydrogen) atoms. The van der Waals surface area contributed by atoms with Crippen molar-refractivity contribution in [2.45, 2.75) is 33.5 Å². The largest absolute Gasteiger partial charge is 0.481 e. The molecule has 2 N–H and O–H groups in total. The van der Waals surface area contributed by atoms with Crippen LogP contribution in [0.5, 0.6) is 0 Å². The molecule has 0 saturated heterocycles. The lowest BCUT2D eigenvalue weighted by atomic mass is 9.94. The summed E-state index contributed by atoms with van der Waals surface area (Å²) in [5, 5.41) is 10.5. The van der Waals surface area contributed by atoms with Crippen molar-refractivity contribution >= 4 is 34.9 Å². The van der Waals surface area contributed by atoms with Crippen LogP contribution in [0.25, 0.3) is 0 Å². The molecule has 0 fully saturated rings. The summed E-state index contributed by atoms with van der Waals surface area (Å²) in [5.41, 5.74) is -0.689. The van der Waals surface area contributed by atoms with E-state index >= 15 is 0 Å². The van der Waals surface area contributed by atoms with Gasteiger partial charge in [-0.1, -0.05) is 41.4 Å². The zero-order chi connectivity index (χ0) is 25.9. The molecule has 0 spiro atoms. The topological polar surface area (TPSA) is 113 Å². The van der Waals surface area contributed by atoms with Crippen LogP contribution in [0, 0.1) is 5.41 Å². The smallest absolute Gasteiger partial charge is 0.335 e. The second kappa shape index (κ2) is 10.6. The molecule has 0 aliphatic rings. The predicted molar refractivity (Wildman–Crippen MR) is 135 cm³/mol. The Hall–Kier alpha value is -3.14. The number of carboxylic acid groups (broad SMARTS) is 1. The first-order valence-corrected chi connectivity index (χ1v) is 11.5. The van der Waals surface area contributed by atoms with E-state index in [0.717, 1.165) is 15.7 Å². The van der Waals surface area contributed by atoms with Gasteiger partial charge in [0.05, 0.1) is 17.6 Å². The average Bonchev–Trinajstić information content (AvgIpc) is 2.77. The number of nitrogens with one attached hydrogen (secondary N) is 1. The fourth-order valence-corrected chi connectivity index (χ4v) is 3.72. The standard InChI is InChI=1S/C24H27Cl2N5O4/c1-24(2,20(32)33)14-31-22(34)28-21(27-18-10-7-16(13-29(3)4)19(26)11-18)30(23(31)35)12-15-5-8-17(25)9-6-15/h5-11H,12-14H2,1-4H3,(H,32,33)(H,27,28,34). The van der Waals surface area contributed by atoms with E-state index in [0.29, 0.717) is 22.3 Å². The fraction of sp³-hybridized carbons (Fsp3) is 0.333. The number of hydrogen-bond donors (Lipinski definition) is 2. The third-order valence-electron chi connectivity index (χ3n) is 5.33. The van der Waals surface area contributed by atoms with Crippen LogP contribution in [0.1, 0.15) is 25.0 Å². The van der Waals surface area contributed by atoms with Crippen molar-refractivity contribution in [3.8, 4) is 0 Å². The number of nitrogens with zero attached hydrogens (tertiary/aromatic N) is 4. The van der Waals surface area contributed by atoms with Crippen molar-refractivity contribution in [1.82, 2.24) is 19.0 Å². The van der Waals surface area contributed by atoms with Crippen molar-refractivity contribution in [3.05, 3.63) is 90.2 Å².